The predicted octanol–water partition coefficient (Wildman–Crippen LogP) is 2.68. The average molecular weight is 190 g/mol. The molecule has 2 unspecified atom stereocenters. The van der Waals surface area contributed by atoms with Crippen LogP contribution in [0.15, 0.2) is 42.5 Å². The standard InChI is InChI=1S/C12H14O2/c1-2-6-12-13-9-11(14-12)10-7-4-3-5-8-10/h2-8,11-12H,9H2,1H3. The highest BCUT2D eigenvalue weighted by atomic mass is 16.7. The Hall–Kier alpha value is -1.12. The van der Waals surface area contributed by atoms with Crippen LogP contribution in [0.3, 0.4) is 0 Å². The summed E-state index contributed by atoms with van der Waals surface area (Å²) in [5, 5.41) is 0. The van der Waals surface area contributed by atoms with Crippen LogP contribution < -0.4 is 0 Å². The summed E-state index contributed by atoms with van der Waals surface area (Å²) >= 11 is 0. The van der Waals surface area contributed by atoms with Gasteiger partial charge in [0.1, 0.15) is 6.10 Å². The summed E-state index contributed by atoms with van der Waals surface area (Å²) in [7, 11) is 0. The van der Waals surface area contributed by atoms with E-state index < -0.39 is 0 Å². The summed E-state index contributed by atoms with van der Waals surface area (Å²) in [6, 6.07) is 10.2. The molecule has 0 aromatic heterocycles. The Bertz CT molecular complexity index is 305. The first kappa shape index (κ1) is 9.44. The number of benzene rings is 1. The average Bonchev–Trinajstić information content (AvgIpc) is 2.68. The van der Waals surface area contributed by atoms with Crippen LogP contribution in [-0.2, 0) is 9.47 Å². The molecule has 1 fully saturated rings. The number of ether oxygens (including phenoxy) is 2. The molecule has 1 aromatic carbocycles. The third-order valence-electron chi connectivity index (χ3n) is 2.23. The zero-order chi connectivity index (χ0) is 9.80. The summed E-state index contributed by atoms with van der Waals surface area (Å²) < 4.78 is 11.1. The Balaban J connectivity index is 2.02. The van der Waals surface area contributed by atoms with Gasteiger partial charge in [-0.3, -0.25) is 0 Å². The van der Waals surface area contributed by atoms with Gasteiger partial charge in [0.25, 0.3) is 0 Å². The topological polar surface area (TPSA) is 18.5 Å². The Morgan fingerprint density at radius 2 is 2.07 bits per heavy atom. The second kappa shape index (κ2) is 4.40. The van der Waals surface area contributed by atoms with Crippen LogP contribution >= 0.6 is 0 Å². The third-order valence-corrected chi connectivity index (χ3v) is 2.23. The summed E-state index contributed by atoms with van der Waals surface area (Å²) in [6.07, 6.45) is 3.77. The van der Waals surface area contributed by atoms with Gasteiger partial charge in [0.15, 0.2) is 6.29 Å². The molecular formula is C12H14O2. The van der Waals surface area contributed by atoms with Crippen molar-refractivity contribution in [1.29, 1.82) is 0 Å². The molecule has 1 aliphatic heterocycles. The van der Waals surface area contributed by atoms with E-state index in [1.807, 2.05) is 37.3 Å². The van der Waals surface area contributed by atoms with Gasteiger partial charge in [-0.15, -0.1) is 0 Å². The van der Waals surface area contributed by atoms with Crippen LogP contribution in [0.1, 0.15) is 18.6 Å². The predicted molar refractivity (Wildman–Crippen MR) is 54.8 cm³/mol. The van der Waals surface area contributed by atoms with E-state index in [1.54, 1.807) is 0 Å². The minimum atomic E-state index is -0.176. The van der Waals surface area contributed by atoms with Gasteiger partial charge in [0.05, 0.1) is 6.61 Å². The molecule has 0 saturated carbocycles. The van der Waals surface area contributed by atoms with Crippen molar-refractivity contribution in [2.45, 2.75) is 19.3 Å². The molecule has 74 valence electrons. The van der Waals surface area contributed by atoms with Gasteiger partial charge in [0, 0.05) is 0 Å². The lowest BCUT2D eigenvalue weighted by atomic mass is 10.1. The fraction of sp³-hybridized carbons (Fsp3) is 0.333. The summed E-state index contributed by atoms with van der Waals surface area (Å²) in [5.74, 6) is 0. The molecule has 0 spiro atoms. The first-order valence-electron chi connectivity index (χ1n) is 4.85. The number of hydrogen-bond acceptors (Lipinski definition) is 2. The van der Waals surface area contributed by atoms with Gasteiger partial charge < -0.3 is 9.47 Å². The molecule has 1 aliphatic rings. The largest absolute Gasteiger partial charge is 0.346 e. The quantitative estimate of drug-likeness (QED) is 0.667. The van der Waals surface area contributed by atoms with Crippen LogP contribution in [0.4, 0.5) is 0 Å². The van der Waals surface area contributed by atoms with Crippen LogP contribution in [0.2, 0.25) is 0 Å². The molecule has 0 radical (unpaired) electrons. The summed E-state index contributed by atoms with van der Waals surface area (Å²) in [4.78, 5) is 0. The molecule has 1 aromatic rings. The summed E-state index contributed by atoms with van der Waals surface area (Å²) in [6.45, 7) is 2.60. The van der Waals surface area contributed by atoms with Crippen molar-refractivity contribution in [3.63, 3.8) is 0 Å². The zero-order valence-corrected chi connectivity index (χ0v) is 8.22. The maximum absolute atomic E-state index is 5.68. The van der Waals surface area contributed by atoms with Gasteiger partial charge in [-0.2, -0.15) is 0 Å². The highest BCUT2D eigenvalue weighted by Gasteiger charge is 2.24. The molecule has 1 heterocycles. The van der Waals surface area contributed by atoms with Crippen LogP contribution in [0.5, 0.6) is 0 Å². The lowest BCUT2D eigenvalue weighted by molar-refractivity contribution is -0.0201. The number of allylic oxidation sites excluding steroid dienone is 1. The fourth-order valence-electron chi connectivity index (χ4n) is 1.52. The third kappa shape index (κ3) is 2.03. The Labute approximate surface area is 84.2 Å². The lowest BCUT2D eigenvalue weighted by Crippen LogP contribution is -2.03. The maximum Gasteiger partial charge on any atom is 0.177 e. The van der Waals surface area contributed by atoms with Gasteiger partial charge >= 0.3 is 0 Å². The van der Waals surface area contributed by atoms with E-state index in [0.29, 0.717) is 6.61 Å². The SMILES string of the molecule is CC=CC1OCC(c2ccccc2)O1. The first-order valence-corrected chi connectivity index (χ1v) is 4.85. The Morgan fingerprint density at radius 1 is 1.29 bits per heavy atom. The van der Waals surface area contributed by atoms with Crippen LogP contribution in [0, 0.1) is 0 Å². The molecular weight excluding hydrogens is 176 g/mol. The Morgan fingerprint density at radius 3 is 2.79 bits per heavy atom. The van der Waals surface area contributed by atoms with Crippen molar-refractivity contribution in [3.05, 3.63) is 48.0 Å². The van der Waals surface area contributed by atoms with E-state index in [-0.39, 0.29) is 12.4 Å². The zero-order valence-electron chi connectivity index (χ0n) is 8.22. The second-order valence-corrected chi connectivity index (χ2v) is 3.26. The van der Waals surface area contributed by atoms with E-state index in [0.717, 1.165) is 0 Å². The monoisotopic (exact) mass is 190 g/mol. The minimum Gasteiger partial charge on any atom is -0.346 e. The molecule has 1 saturated heterocycles. The number of rotatable bonds is 2. The minimum absolute atomic E-state index is 0.0809. The summed E-state index contributed by atoms with van der Waals surface area (Å²) in [5.41, 5.74) is 1.18. The van der Waals surface area contributed by atoms with Crippen LogP contribution in [-0.4, -0.2) is 12.9 Å². The molecule has 0 aliphatic carbocycles. The highest BCUT2D eigenvalue weighted by Crippen LogP contribution is 2.26. The molecule has 0 amide bonds. The van der Waals surface area contributed by atoms with Gasteiger partial charge in [0.2, 0.25) is 0 Å². The van der Waals surface area contributed by atoms with Gasteiger partial charge in [-0.05, 0) is 18.6 Å². The van der Waals surface area contributed by atoms with E-state index in [4.69, 9.17) is 9.47 Å². The molecule has 14 heavy (non-hydrogen) atoms. The van der Waals surface area contributed by atoms with Gasteiger partial charge in [-0.25, -0.2) is 0 Å². The van der Waals surface area contributed by atoms with Crippen molar-refractivity contribution in [2.24, 2.45) is 0 Å². The molecule has 2 nitrogen and oxygen atoms in total. The highest BCUT2D eigenvalue weighted by molar-refractivity contribution is 5.18. The molecule has 0 N–H and O–H groups in total. The number of hydrogen-bond donors (Lipinski definition) is 0. The molecule has 2 heteroatoms. The Kier molecular flexibility index (Phi) is 2.96. The normalized spacial score (nSPS) is 27.2. The van der Waals surface area contributed by atoms with E-state index in [2.05, 4.69) is 12.1 Å². The van der Waals surface area contributed by atoms with Gasteiger partial charge in [-0.1, -0.05) is 36.4 Å². The first-order chi connectivity index (χ1) is 6.90. The smallest absolute Gasteiger partial charge is 0.177 e. The van der Waals surface area contributed by atoms with Crippen molar-refractivity contribution < 1.29 is 9.47 Å². The van der Waals surface area contributed by atoms with Crippen molar-refractivity contribution in [3.8, 4) is 0 Å². The van der Waals surface area contributed by atoms with Crippen molar-refractivity contribution >= 4 is 0 Å². The maximum atomic E-state index is 5.68. The lowest BCUT2D eigenvalue weighted by Gasteiger charge is -2.08. The fourth-order valence-corrected chi connectivity index (χ4v) is 1.52. The second-order valence-electron chi connectivity index (χ2n) is 3.26. The molecule has 2 atom stereocenters. The molecule has 2 rings (SSSR count). The van der Waals surface area contributed by atoms with Crippen molar-refractivity contribution in [1.82, 2.24) is 0 Å². The van der Waals surface area contributed by atoms with E-state index in [9.17, 15) is 0 Å². The van der Waals surface area contributed by atoms with E-state index in [1.165, 1.54) is 5.56 Å². The van der Waals surface area contributed by atoms with Crippen molar-refractivity contribution in [2.75, 3.05) is 6.61 Å². The van der Waals surface area contributed by atoms with E-state index >= 15 is 0 Å². The molecule has 0 bridgehead atoms. The van der Waals surface area contributed by atoms with Crippen LogP contribution in [0.25, 0.3) is 0 Å².